The van der Waals surface area contributed by atoms with Gasteiger partial charge in [-0.1, -0.05) is 30.3 Å². The monoisotopic (exact) mass is 351 g/mol. The van der Waals surface area contributed by atoms with Gasteiger partial charge in [-0.2, -0.15) is 0 Å². The summed E-state index contributed by atoms with van der Waals surface area (Å²) in [6, 6.07) is 23.2. The summed E-state index contributed by atoms with van der Waals surface area (Å²) in [5, 5.41) is 2.15. The van der Waals surface area contributed by atoms with Crippen molar-refractivity contribution >= 4 is 22.1 Å². The van der Waals surface area contributed by atoms with Crippen LogP contribution in [0.1, 0.15) is 5.56 Å². The van der Waals surface area contributed by atoms with Crippen LogP contribution < -0.4 is 4.57 Å². The van der Waals surface area contributed by atoms with Gasteiger partial charge in [0.15, 0.2) is 6.20 Å². The molecular weight excluding hydrogens is 332 g/mol. The van der Waals surface area contributed by atoms with Crippen molar-refractivity contribution in [2.24, 2.45) is 7.05 Å². The van der Waals surface area contributed by atoms with E-state index < -0.39 is 0 Å². The van der Waals surface area contributed by atoms with Gasteiger partial charge in [-0.15, -0.1) is 0 Å². The minimum absolute atomic E-state index is 0.682. The summed E-state index contributed by atoms with van der Waals surface area (Å²) in [5.41, 5.74) is 7.46. The Balaban J connectivity index is 1.76. The van der Waals surface area contributed by atoms with Crippen LogP contribution in [0.15, 0.2) is 83.5 Å². The number of hydrogen-bond donors (Lipinski definition) is 0. The Bertz CT molecular complexity index is 1300. The predicted molar refractivity (Wildman–Crippen MR) is 108 cm³/mol. The maximum atomic E-state index is 6.12. The van der Waals surface area contributed by atoms with Gasteiger partial charge in [0, 0.05) is 40.2 Å². The molecule has 0 atom stereocenters. The molecule has 0 saturated carbocycles. The Morgan fingerprint density at radius 2 is 1.74 bits per heavy atom. The van der Waals surface area contributed by atoms with Crippen molar-refractivity contribution in [3.05, 3.63) is 84.7 Å². The summed E-state index contributed by atoms with van der Waals surface area (Å²) in [6.45, 7) is 2.15. The molecule has 5 rings (SSSR count). The van der Waals surface area contributed by atoms with Crippen LogP contribution >= 0.6 is 0 Å². The van der Waals surface area contributed by atoms with Gasteiger partial charge < -0.3 is 4.42 Å². The highest BCUT2D eigenvalue weighted by atomic mass is 16.3. The number of rotatable bonds is 2. The van der Waals surface area contributed by atoms with Crippen LogP contribution in [0.3, 0.4) is 0 Å². The molecule has 5 aromatic rings. The molecule has 3 aromatic heterocycles. The second-order valence-corrected chi connectivity index (χ2v) is 6.87. The first-order valence-corrected chi connectivity index (χ1v) is 9.05. The maximum Gasteiger partial charge on any atom is 0.227 e. The Hall–Kier alpha value is -3.46. The molecule has 0 aliphatic heterocycles. The number of furan rings is 1. The molecule has 0 unspecified atom stereocenters. The third kappa shape index (κ3) is 2.51. The van der Waals surface area contributed by atoms with E-state index in [0.29, 0.717) is 5.71 Å². The topological polar surface area (TPSA) is 29.9 Å². The van der Waals surface area contributed by atoms with E-state index in [-0.39, 0.29) is 0 Å². The van der Waals surface area contributed by atoms with Crippen LogP contribution in [-0.4, -0.2) is 4.98 Å². The Morgan fingerprint density at radius 3 is 2.63 bits per heavy atom. The fourth-order valence-corrected chi connectivity index (χ4v) is 3.73. The van der Waals surface area contributed by atoms with Crippen LogP contribution in [0.5, 0.6) is 0 Å². The molecule has 3 heterocycles. The first-order valence-electron chi connectivity index (χ1n) is 9.05. The molecule has 2 aromatic carbocycles. The first-order chi connectivity index (χ1) is 13.2. The zero-order chi connectivity index (χ0) is 18.4. The number of hydrogen-bond acceptors (Lipinski definition) is 2. The zero-order valence-corrected chi connectivity index (χ0v) is 15.3. The SMILES string of the molecule is Cc1ccc(-c2cccc3c2oc2ncccc23)cc1-c1cccc[n+]1C. The van der Waals surface area contributed by atoms with Gasteiger partial charge in [0.2, 0.25) is 11.4 Å². The summed E-state index contributed by atoms with van der Waals surface area (Å²) >= 11 is 0. The molecule has 0 N–H and O–H groups in total. The lowest BCUT2D eigenvalue weighted by molar-refractivity contribution is -0.660. The van der Waals surface area contributed by atoms with E-state index in [2.05, 4.69) is 84.3 Å². The standard InChI is InChI=1S/C24H19N2O/c1-16-11-12-17(15-21(16)22-10-3-4-14-26(22)2)18-7-5-8-19-20-9-6-13-25-24(20)27-23(18)19/h3-15H,1-2H3/q+1. The highest BCUT2D eigenvalue weighted by molar-refractivity contribution is 6.08. The first kappa shape index (κ1) is 15.8. The Labute approximate surface area is 157 Å². The van der Waals surface area contributed by atoms with Crippen molar-refractivity contribution in [1.29, 1.82) is 0 Å². The largest absolute Gasteiger partial charge is 0.437 e. The van der Waals surface area contributed by atoms with Crippen molar-refractivity contribution in [2.45, 2.75) is 6.92 Å². The highest BCUT2D eigenvalue weighted by Gasteiger charge is 2.16. The number of nitrogens with zero attached hydrogens (tertiary/aromatic N) is 2. The lowest BCUT2D eigenvalue weighted by atomic mass is 9.96. The predicted octanol–water partition coefficient (Wildman–Crippen LogP) is 5.45. The smallest absolute Gasteiger partial charge is 0.227 e. The number of para-hydroxylation sites is 1. The van der Waals surface area contributed by atoms with E-state index in [1.165, 1.54) is 16.8 Å². The third-order valence-electron chi connectivity index (χ3n) is 5.15. The lowest BCUT2D eigenvalue weighted by Gasteiger charge is -2.08. The van der Waals surface area contributed by atoms with E-state index in [9.17, 15) is 0 Å². The van der Waals surface area contributed by atoms with Gasteiger partial charge >= 0.3 is 0 Å². The molecule has 3 heteroatoms. The lowest BCUT2D eigenvalue weighted by Crippen LogP contribution is -2.30. The normalized spacial score (nSPS) is 11.3. The van der Waals surface area contributed by atoms with Gasteiger partial charge in [0.1, 0.15) is 12.6 Å². The fourth-order valence-electron chi connectivity index (χ4n) is 3.73. The molecule has 0 fully saturated rings. The number of pyridine rings is 2. The molecule has 3 nitrogen and oxygen atoms in total. The van der Waals surface area contributed by atoms with Crippen molar-refractivity contribution in [1.82, 2.24) is 4.98 Å². The third-order valence-corrected chi connectivity index (χ3v) is 5.15. The van der Waals surface area contributed by atoms with E-state index >= 15 is 0 Å². The number of fused-ring (bicyclic) bond motifs is 3. The van der Waals surface area contributed by atoms with Crippen LogP contribution in [0.25, 0.3) is 44.5 Å². The highest BCUT2D eigenvalue weighted by Crippen LogP contribution is 2.36. The summed E-state index contributed by atoms with van der Waals surface area (Å²) < 4.78 is 8.27. The maximum absolute atomic E-state index is 6.12. The molecule has 0 aliphatic rings. The molecule has 27 heavy (non-hydrogen) atoms. The molecule has 0 spiro atoms. The van der Waals surface area contributed by atoms with Gasteiger partial charge in [0.25, 0.3) is 0 Å². The Morgan fingerprint density at radius 1 is 0.852 bits per heavy atom. The van der Waals surface area contributed by atoms with Crippen LogP contribution in [-0.2, 0) is 7.05 Å². The molecule has 0 radical (unpaired) electrons. The van der Waals surface area contributed by atoms with Crippen LogP contribution in [0.4, 0.5) is 0 Å². The molecule has 0 saturated heterocycles. The summed E-state index contributed by atoms with van der Waals surface area (Å²) in [5.74, 6) is 0. The quantitative estimate of drug-likeness (QED) is 0.396. The second kappa shape index (κ2) is 6.06. The molecule has 130 valence electrons. The summed E-state index contributed by atoms with van der Waals surface area (Å²) in [6.07, 6.45) is 3.84. The van der Waals surface area contributed by atoms with E-state index in [0.717, 1.165) is 27.5 Å². The number of benzene rings is 2. The zero-order valence-electron chi connectivity index (χ0n) is 15.3. The van der Waals surface area contributed by atoms with Crippen molar-refractivity contribution < 1.29 is 8.98 Å². The Kier molecular flexibility index (Phi) is 3.54. The minimum Gasteiger partial charge on any atom is -0.437 e. The van der Waals surface area contributed by atoms with Gasteiger partial charge in [0.05, 0.1) is 0 Å². The average molecular weight is 351 g/mol. The average Bonchev–Trinajstić information content (AvgIpc) is 3.08. The molecular formula is C24H19N2O+. The van der Waals surface area contributed by atoms with Crippen molar-refractivity contribution in [3.8, 4) is 22.4 Å². The summed E-state index contributed by atoms with van der Waals surface area (Å²) in [7, 11) is 2.08. The van der Waals surface area contributed by atoms with Crippen molar-refractivity contribution in [2.75, 3.05) is 0 Å². The van der Waals surface area contributed by atoms with E-state index in [4.69, 9.17) is 4.42 Å². The van der Waals surface area contributed by atoms with E-state index in [1.807, 2.05) is 12.1 Å². The number of aromatic nitrogens is 2. The fraction of sp³-hybridized carbons (Fsp3) is 0.0833. The molecule has 0 amide bonds. The van der Waals surface area contributed by atoms with Gasteiger partial charge in [-0.05, 0) is 42.3 Å². The van der Waals surface area contributed by atoms with Crippen molar-refractivity contribution in [3.63, 3.8) is 0 Å². The van der Waals surface area contributed by atoms with Crippen LogP contribution in [0.2, 0.25) is 0 Å². The number of aryl methyl sites for hydroxylation is 2. The molecule has 0 aliphatic carbocycles. The molecule has 0 bridgehead atoms. The van der Waals surface area contributed by atoms with E-state index in [1.54, 1.807) is 6.20 Å². The minimum atomic E-state index is 0.682. The summed E-state index contributed by atoms with van der Waals surface area (Å²) in [4.78, 5) is 4.37. The second-order valence-electron chi connectivity index (χ2n) is 6.87. The van der Waals surface area contributed by atoms with Crippen LogP contribution in [0, 0.1) is 6.92 Å². The van der Waals surface area contributed by atoms with Gasteiger partial charge in [-0.3, -0.25) is 0 Å². The van der Waals surface area contributed by atoms with Gasteiger partial charge in [-0.25, -0.2) is 9.55 Å².